The zero-order valence-electron chi connectivity index (χ0n) is 10.7. The van der Waals surface area contributed by atoms with E-state index in [0.717, 1.165) is 5.56 Å². The van der Waals surface area contributed by atoms with Crippen molar-refractivity contribution in [3.8, 4) is 6.07 Å². The highest BCUT2D eigenvalue weighted by Gasteiger charge is 2.20. The molecule has 0 aliphatic heterocycles. The van der Waals surface area contributed by atoms with Crippen LogP contribution in [0.2, 0.25) is 0 Å². The summed E-state index contributed by atoms with van der Waals surface area (Å²) in [5, 5.41) is 12.8. The third-order valence-corrected chi connectivity index (χ3v) is 3.63. The molecule has 0 amide bonds. The van der Waals surface area contributed by atoms with E-state index in [0.29, 0.717) is 6.04 Å². The Morgan fingerprint density at radius 3 is 2.65 bits per heavy atom. The van der Waals surface area contributed by atoms with Crippen molar-refractivity contribution < 1.29 is 0 Å². The van der Waals surface area contributed by atoms with Crippen LogP contribution in [0, 0.1) is 25.2 Å². The van der Waals surface area contributed by atoms with E-state index < -0.39 is 0 Å². The predicted molar refractivity (Wildman–Crippen MR) is 69.7 cm³/mol. The van der Waals surface area contributed by atoms with Crippen LogP contribution in [0.15, 0.2) is 18.2 Å². The minimum atomic E-state index is -0.155. The Balaban J connectivity index is 2.16. The Kier molecular flexibility index (Phi) is 3.81. The highest BCUT2D eigenvalue weighted by molar-refractivity contribution is 5.35. The minimum Gasteiger partial charge on any atom is -0.295 e. The van der Waals surface area contributed by atoms with Gasteiger partial charge in [-0.15, -0.1) is 0 Å². The normalized spacial score (nSPS) is 17.9. The molecule has 1 aromatic carbocycles. The van der Waals surface area contributed by atoms with Crippen molar-refractivity contribution in [2.45, 2.75) is 51.6 Å². The van der Waals surface area contributed by atoms with Crippen molar-refractivity contribution >= 4 is 0 Å². The Bertz CT molecular complexity index is 425. The molecule has 17 heavy (non-hydrogen) atoms. The van der Waals surface area contributed by atoms with E-state index >= 15 is 0 Å². The van der Waals surface area contributed by atoms with Crippen molar-refractivity contribution in [2.75, 3.05) is 0 Å². The Morgan fingerprint density at radius 1 is 1.29 bits per heavy atom. The largest absolute Gasteiger partial charge is 0.295 e. The maximum Gasteiger partial charge on any atom is 0.121 e. The summed E-state index contributed by atoms with van der Waals surface area (Å²) in [6.07, 6.45) is 5.01. The molecule has 2 rings (SSSR count). The van der Waals surface area contributed by atoms with Gasteiger partial charge in [-0.1, -0.05) is 36.6 Å². The van der Waals surface area contributed by atoms with E-state index in [-0.39, 0.29) is 6.04 Å². The zero-order chi connectivity index (χ0) is 12.3. The van der Waals surface area contributed by atoms with Gasteiger partial charge in [0.15, 0.2) is 0 Å². The molecule has 0 saturated heterocycles. The molecule has 1 aliphatic carbocycles. The maximum absolute atomic E-state index is 9.34. The molecule has 1 fully saturated rings. The van der Waals surface area contributed by atoms with Gasteiger partial charge in [0, 0.05) is 6.04 Å². The van der Waals surface area contributed by atoms with Gasteiger partial charge in [-0.25, -0.2) is 0 Å². The predicted octanol–water partition coefficient (Wildman–Crippen LogP) is 3.40. The molecule has 1 atom stereocenters. The number of nitrogens with one attached hydrogen (secondary N) is 1. The second-order valence-electron chi connectivity index (χ2n) is 5.07. The summed E-state index contributed by atoms with van der Waals surface area (Å²) >= 11 is 0. The highest BCUT2D eigenvalue weighted by atomic mass is 15.0. The summed E-state index contributed by atoms with van der Waals surface area (Å²) in [6.45, 7) is 4.16. The van der Waals surface area contributed by atoms with Crippen molar-refractivity contribution in [1.82, 2.24) is 5.32 Å². The van der Waals surface area contributed by atoms with Crippen LogP contribution in [0.4, 0.5) is 0 Å². The summed E-state index contributed by atoms with van der Waals surface area (Å²) in [5.74, 6) is 0. The summed E-state index contributed by atoms with van der Waals surface area (Å²) in [7, 11) is 0. The second-order valence-corrected chi connectivity index (χ2v) is 5.07. The van der Waals surface area contributed by atoms with E-state index in [1.54, 1.807) is 0 Å². The van der Waals surface area contributed by atoms with E-state index in [1.807, 2.05) is 0 Å². The Morgan fingerprint density at radius 2 is 2.00 bits per heavy atom. The lowest BCUT2D eigenvalue weighted by atomic mass is 9.99. The van der Waals surface area contributed by atoms with Crippen molar-refractivity contribution in [2.24, 2.45) is 0 Å². The van der Waals surface area contributed by atoms with Gasteiger partial charge in [-0.2, -0.15) is 5.26 Å². The molecule has 0 radical (unpaired) electrons. The number of nitriles is 1. The summed E-state index contributed by atoms with van der Waals surface area (Å²) in [4.78, 5) is 0. The van der Waals surface area contributed by atoms with Crippen LogP contribution in [0.5, 0.6) is 0 Å². The molecular weight excluding hydrogens is 208 g/mol. The van der Waals surface area contributed by atoms with Crippen LogP contribution in [-0.2, 0) is 0 Å². The first-order chi connectivity index (χ1) is 8.20. The Labute approximate surface area is 104 Å². The average Bonchev–Trinajstić information content (AvgIpc) is 2.82. The highest BCUT2D eigenvalue weighted by Crippen LogP contribution is 2.24. The second kappa shape index (κ2) is 5.33. The molecule has 0 aromatic heterocycles. The fraction of sp³-hybridized carbons (Fsp3) is 0.533. The molecule has 0 spiro atoms. The molecule has 2 nitrogen and oxygen atoms in total. The number of benzene rings is 1. The molecule has 1 unspecified atom stereocenters. The molecule has 0 heterocycles. The average molecular weight is 228 g/mol. The van der Waals surface area contributed by atoms with E-state index in [2.05, 4.69) is 43.4 Å². The molecule has 1 N–H and O–H groups in total. The monoisotopic (exact) mass is 228 g/mol. The van der Waals surface area contributed by atoms with Crippen molar-refractivity contribution in [3.63, 3.8) is 0 Å². The van der Waals surface area contributed by atoms with Crippen molar-refractivity contribution in [1.29, 1.82) is 5.26 Å². The number of hydrogen-bond donors (Lipinski definition) is 1. The van der Waals surface area contributed by atoms with Crippen LogP contribution in [0.3, 0.4) is 0 Å². The third-order valence-electron chi connectivity index (χ3n) is 3.63. The molecule has 0 bridgehead atoms. The molecule has 1 aliphatic rings. The van der Waals surface area contributed by atoms with Crippen LogP contribution >= 0.6 is 0 Å². The fourth-order valence-corrected chi connectivity index (χ4v) is 2.60. The number of aryl methyl sites for hydroxylation is 2. The molecule has 1 saturated carbocycles. The van der Waals surface area contributed by atoms with Gasteiger partial charge in [0.25, 0.3) is 0 Å². The fourth-order valence-electron chi connectivity index (χ4n) is 2.60. The first-order valence-corrected chi connectivity index (χ1v) is 6.43. The topological polar surface area (TPSA) is 35.8 Å². The van der Waals surface area contributed by atoms with Crippen LogP contribution in [0.25, 0.3) is 0 Å². The minimum absolute atomic E-state index is 0.155. The smallest absolute Gasteiger partial charge is 0.121 e. The van der Waals surface area contributed by atoms with Crippen LogP contribution < -0.4 is 5.32 Å². The summed E-state index contributed by atoms with van der Waals surface area (Å²) in [5.41, 5.74) is 3.56. The van der Waals surface area contributed by atoms with Gasteiger partial charge < -0.3 is 0 Å². The maximum atomic E-state index is 9.34. The lowest BCUT2D eigenvalue weighted by Crippen LogP contribution is -2.30. The zero-order valence-corrected chi connectivity index (χ0v) is 10.7. The van der Waals surface area contributed by atoms with Gasteiger partial charge >= 0.3 is 0 Å². The van der Waals surface area contributed by atoms with Crippen LogP contribution in [0.1, 0.15) is 48.4 Å². The van der Waals surface area contributed by atoms with E-state index in [9.17, 15) is 5.26 Å². The van der Waals surface area contributed by atoms with E-state index in [4.69, 9.17) is 0 Å². The number of hydrogen-bond acceptors (Lipinski definition) is 2. The quantitative estimate of drug-likeness (QED) is 0.860. The van der Waals surface area contributed by atoms with Gasteiger partial charge in [0.2, 0.25) is 0 Å². The summed E-state index contributed by atoms with van der Waals surface area (Å²) in [6, 6.07) is 9.11. The lowest BCUT2D eigenvalue weighted by Gasteiger charge is -2.19. The van der Waals surface area contributed by atoms with E-state index in [1.165, 1.54) is 36.8 Å². The van der Waals surface area contributed by atoms with Crippen molar-refractivity contribution in [3.05, 3.63) is 34.9 Å². The molecule has 2 heteroatoms. The third kappa shape index (κ3) is 2.87. The standard InChI is InChI=1S/C15H20N2/c1-11-7-8-12(2)14(9-11)15(10-16)17-13-5-3-4-6-13/h7-9,13,15,17H,3-6H2,1-2H3. The van der Waals surface area contributed by atoms with Gasteiger partial charge in [0.1, 0.15) is 6.04 Å². The SMILES string of the molecule is Cc1ccc(C)c(C(C#N)NC2CCCC2)c1. The summed E-state index contributed by atoms with van der Waals surface area (Å²) < 4.78 is 0. The lowest BCUT2D eigenvalue weighted by molar-refractivity contribution is 0.491. The number of nitrogens with zero attached hydrogens (tertiary/aromatic N) is 1. The van der Waals surface area contributed by atoms with Crippen LogP contribution in [-0.4, -0.2) is 6.04 Å². The Hall–Kier alpha value is -1.33. The van der Waals surface area contributed by atoms with Gasteiger partial charge in [0.05, 0.1) is 6.07 Å². The molecule has 90 valence electrons. The van der Waals surface area contributed by atoms with Gasteiger partial charge in [-0.3, -0.25) is 5.32 Å². The first-order valence-electron chi connectivity index (χ1n) is 6.43. The number of rotatable bonds is 3. The first kappa shape index (κ1) is 12.1. The molecule has 1 aromatic rings. The van der Waals surface area contributed by atoms with Gasteiger partial charge in [-0.05, 0) is 37.8 Å². The molecular formula is C15H20N2.